The summed E-state index contributed by atoms with van der Waals surface area (Å²) in [7, 11) is 0. The van der Waals surface area contributed by atoms with Crippen LogP contribution in [0.3, 0.4) is 0 Å². The second kappa shape index (κ2) is 4.97. The van der Waals surface area contributed by atoms with Crippen molar-refractivity contribution >= 4 is 5.69 Å². The number of benzene rings is 1. The van der Waals surface area contributed by atoms with Crippen LogP contribution in [-0.4, -0.2) is 32.2 Å². The zero-order chi connectivity index (χ0) is 11.4. The third-order valence-corrected chi connectivity index (χ3v) is 2.91. The van der Waals surface area contributed by atoms with Crippen molar-refractivity contribution in [3.8, 4) is 6.07 Å². The number of piperazine rings is 1. The maximum Gasteiger partial charge on any atom is 0.101 e. The van der Waals surface area contributed by atoms with Gasteiger partial charge >= 0.3 is 0 Å². The fourth-order valence-electron chi connectivity index (χ4n) is 2.05. The molecule has 0 spiro atoms. The molecule has 1 aliphatic rings. The summed E-state index contributed by atoms with van der Waals surface area (Å²) >= 11 is 0. The van der Waals surface area contributed by atoms with Crippen molar-refractivity contribution < 1.29 is 0 Å². The van der Waals surface area contributed by atoms with Gasteiger partial charge in [-0.15, -0.1) is 0 Å². The minimum Gasteiger partial charge on any atom is -0.368 e. The molecule has 1 aromatic carbocycles. The largest absolute Gasteiger partial charge is 0.368 e. The third kappa shape index (κ3) is 2.16. The lowest BCUT2D eigenvalue weighted by atomic mass is 10.1. The van der Waals surface area contributed by atoms with Gasteiger partial charge in [0.15, 0.2) is 0 Å². The first-order chi connectivity index (χ1) is 7.85. The molecule has 1 aliphatic heterocycles. The second-order valence-electron chi connectivity index (χ2n) is 3.96. The smallest absolute Gasteiger partial charge is 0.101 e. The predicted octanol–water partition coefficient (Wildman–Crippen LogP) is 0.295. The Balaban J connectivity index is 2.20. The summed E-state index contributed by atoms with van der Waals surface area (Å²) in [5.41, 5.74) is 7.41. The van der Waals surface area contributed by atoms with Gasteiger partial charge in [-0.2, -0.15) is 5.26 Å². The molecule has 1 fully saturated rings. The lowest BCUT2D eigenvalue weighted by molar-refractivity contribution is 0.463. The predicted molar refractivity (Wildman–Crippen MR) is 64.2 cm³/mol. The minimum atomic E-state index is 0.320. The summed E-state index contributed by atoms with van der Waals surface area (Å²) in [6.07, 6.45) is 0. The van der Waals surface area contributed by atoms with E-state index in [0.29, 0.717) is 12.6 Å². The molecule has 1 aromatic rings. The van der Waals surface area contributed by atoms with Crippen molar-refractivity contribution in [1.82, 2.24) is 5.32 Å². The van der Waals surface area contributed by atoms with Crippen LogP contribution in [0, 0.1) is 11.3 Å². The Hall–Kier alpha value is -1.57. The number of rotatable bonds is 2. The van der Waals surface area contributed by atoms with E-state index in [1.54, 1.807) is 0 Å². The van der Waals surface area contributed by atoms with Gasteiger partial charge in [0.2, 0.25) is 0 Å². The van der Waals surface area contributed by atoms with Gasteiger partial charge in [-0.3, -0.25) is 0 Å². The molecule has 4 nitrogen and oxygen atoms in total. The van der Waals surface area contributed by atoms with E-state index in [4.69, 9.17) is 11.0 Å². The van der Waals surface area contributed by atoms with Crippen LogP contribution >= 0.6 is 0 Å². The first kappa shape index (κ1) is 10.9. The molecule has 3 N–H and O–H groups in total. The average Bonchev–Trinajstić information content (AvgIpc) is 2.38. The lowest BCUT2D eigenvalue weighted by Gasteiger charge is -2.35. The molecule has 1 saturated heterocycles. The highest BCUT2D eigenvalue weighted by molar-refractivity contribution is 5.59. The minimum absolute atomic E-state index is 0.320. The number of hydrogen-bond donors (Lipinski definition) is 2. The van der Waals surface area contributed by atoms with E-state index in [-0.39, 0.29) is 0 Å². The topological polar surface area (TPSA) is 65.1 Å². The van der Waals surface area contributed by atoms with Gasteiger partial charge in [0, 0.05) is 32.2 Å². The van der Waals surface area contributed by atoms with E-state index in [9.17, 15) is 0 Å². The highest BCUT2D eigenvalue weighted by Gasteiger charge is 2.19. The Kier molecular flexibility index (Phi) is 3.40. The Morgan fingerprint density at radius 3 is 3.06 bits per heavy atom. The van der Waals surface area contributed by atoms with Crippen molar-refractivity contribution in [2.75, 3.05) is 31.1 Å². The van der Waals surface area contributed by atoms with Crippen LogP contribution in [0.15, 0.2) is 24.3 Å². The van der Waals surface area contributed by atoms with Crippen molar-refractivity contribution in [2.24, 2.45) is 5.73 Å². The van der Waals surface area contributed by atoms with E-state index >= 15 is 0 Å². The molecule has 0 saturated carbocycles. The molecular weight excluding hydrogens is 200 g/mol. The average molecular weight is 216 g/mol. The molecule has 0 bridgehead atoms. The van der Waals surface area contributed by atoms with Gasteiger partial charge in [-0.05, 0) is 12.1 Å². The fraction of sp³-hybridized carbons (Fsp3) is 0.417. The van der Waals surface area contributed by atoms with E-state index in [1.165, 1.54) is 0 Å². The van der Waals surface area contributed by atoms with Gasteiger partial charge in [-0.25, -0.2) is 0 Å². The molecule has 4 heteroatoms. The molecule has 0 radical (unpaired) electrons. The quantitative estimate of drug-likeness (QED) is 0.746. The molecule has 1 atom stereocenters. The first-order valence-corrected chi connectivity index (χ1v) is 5.52. The number of nitrogens with one attached hydrogen (secondary N) is 1. The maximum absolute atomic E-state index is 9.06. The van der Waals surface area contributed by atoms with Gasteiger partial charge in [0.25, 0.3) is 0 Å². The third-order valence-electron chi connectivity index (χ3n) is 2.91. The first-order valence-electron chi connectivity index (χ1n) is 5.52. The highest BCUT2D eigenvalue weighted by Crippen LogP contribution is 2.20. The SMILES string of the molecule is N#Cc1ccccc1N1CCNC(CN)C1. The maximum atomic E-state index is 9.06. The standard InChI is InChI=1S/C12H16N4/c13-7-10-3-1-2-4-12(10)16-6-5-15-11(8-14)9-16/h1-4,11,15H,5-6,8-9,14H2. The molecule has 0 aromatic heterocycles. The molecule has 1 unspecified atom stereocenters. The van der Waals surface area contributed by atoms with Gasteiger partial charge in [-0.1, -0.05) is 12.1 Å². The molecule has 2 rings (SSSR count). The summed E-state index contributed by atoms with van der Waals surface area (Å²) in [6.45, 7) is 3.34. The summed E-state index contributed by atoms with van der Waals surface area (Å²) in [5.74, 6) is 0. The number of nitrogens with zero attached hydrogens (tertiary/aromatic N) is 2. The van der Waals surface area contributed by atoms with Crippen molar-refractivity contribution in [2.45, 2.75) is 6.04 Å². The Labute approximate surface area is 95.7 Å². The summed E-state index contributed by atoms with van der Waals surface area (Å²) in [5, 5.41) is 12.4. The molecule has 0 amide bonds. The lowest BCUT2D eigenvalue weighted by Crippen LogP contribution is -2.53. The van der Waals surface area contributed by atoms with Crippen LogP contribution in [0.25, 0.3) is 0 Å². The fourth-order valence-corrected chi connectivity index (χ4v) is 2.05. The van der Waals surface area contributed by atoms with Crippen molar-refractivity contribution in [3.05, 3.63) is 29.8 Å². The zero-order valence-corrected chi connectivity index (χ0v) is 9.19. The number of para-hydroxylation sites is 1. The van der Waals surface area contributed by atoms with Crippen LogP contribution in [0.4, 0.5) is 5.69 Å². The summed E-state index contributed by atoms with van der Waals surface area (Å²) in [4.78, 5) is 2.23. The molecule has 16 heavy (non-hydrogen) atoms. The zero-order valence-electron chi connectivity index (χ0n) is 9.19. The van der Waals surface area contributed by atoms with E-state index in [0.717, 1.165) is 30.9 Å². The number of nitrogens with two attached hydrogens (primary N) is 1. The molecule has 1 heterocycles. The molecular formula is C12H16N4. The van der Waals surface area contributed by atoms with Gasteiger partial charge in [0.05, 0.1) is 11.3 Å². The number of hydrogen-bond acceptors (Lipinski definition) is 4. The number of nitriles is 1. The highest BCUT2D eigenvalue weighted by atomic mass is 15.2. The Bertz CT molecular complexity index is 396. The van der Waals surface area contributed by atoms with Crippen molar-refractivity contribution in [3.63, 3.8) is 0 Å². The van der Waals surface area contributed by atoms with Crippen LogP contribution in [0.5, 0.6) is 0 Å². The van der Waals surface area contributed by atoms with Crippen LogP contribution in [-0.2, 0) is 0 Å². The van der Waals surface area contributed by atoms with Gasteiger partial charge in [0.1, 0.15) is 6.07 Å². The summed E-state index contributed by atoms with van der Waals surface area (Å²) < 4.78 is 0. The number of anilines is 1. The normalized spacial score (nSPS) is 20.5. The van der Waals surface area contributed by atoms with E-state index < -0.39 is 0 Å². The Morgan fingerprint density at radius 1 is 1.50 bits per heavy atom. The second-order valence-corrected chi connectivity index (χ2v) is 3.96. The molecule has 84 valence electrons. The van der Waals surface area contributed by atoms with E-state index in [2.05, 4.69) is 16.3 Å². The van der Waals surface area contributed by atoms with Crippen LogP contribution in [0.2, 0.25) is 0 Å². The van der Waals surface area contributed by atoms with Crippen LogP contribution in [0.1, 0.15) is 5.56 Å². The van der Waals surface area contributed by atoms with Crippen molar-refractivity contribution in [1.29, 1.82) is 5.26 Å². The monoisotopic (exact) mass is 216 g/mol. The Morgan fingerprint density at radius 2 is 2.31 bits per heavy atom. The molecule has 0 aliphatic carbocycles. The summed E-state index contributed by atoms with van der Waals surface area (Å²) in [6, 6.07) is 10.3. The van der Waals surface area contributed by atoms with Crippen LogP contribution < -0.4 is 16.0 Å². The van der Waals surface area contributed by atoms with Gasteiger partial charge < -0.3 is 16.0 Å². The van der Waals surface area contributed by atoms with E-state index in [1.807, 2.05) is 24.3 Å².